The molecule has 0 bridgehead atoms. The van der Waals surface area contributed by atoms with Gasteiger partial charge in [0.2, 0.25) is 5.91 Å². The average Bonchev–Trinajstić information content (AvgIpc) is 2.63. The second-order valence-corrected chi connectivity index (χ2v) is 9.25. The van der Waals surface area contributed by atoms with E-state index in [0.717, 1.165) is 12.8 Å². The Morgan fingerprint density at radius 1 is 1.37 bits per heavy atom. The summed E-state index contributed by atoms with van der Waals surface area (Å²) in [5, 5.41) is 0.317. The van der Waals surface area contributed by atoms with Crippen LogP contribution in [0.2, 0.25) is 5.02 Å². The van der Waals surface area contributed by atoms with Gasteiger partial charge in [-0.1, -0.05) is 25.4 Å². The van der Waals surface area contributed by atoms with Crippen molar-refractivity contribution in [2.75, 3.05) is 32.0 Å². The highest BCUT2D eigenvalue weighted by atomic mass is 35.5. The van der Waals surface area contributed by atoms with Crippen molar-refractivity contribution in [2.45, 2.75) is 37.6 Å². The molecule has 2 aliphatic heterocycles. The second kappa shape index (κ2) is 8.27. The van der Waals surface area contributed by atoms with E-state index in [-0.39, 0.29) is 29.2 Å². The molecule has 0 unspecified atom stereocenters. The molecular formula is C19H24ClFN2O3S. The van der Waals surface area contributed by atoms with Gasteiger partial charge in [0.05, 0.1) is 17.4 Å². The Bertz CT molecular complexity index is 723. The molecule has 148 valence electrons. The van der Waals surface area contributed by atoms with E-state index in [1.807, 2.05) is 9.80 Å². The summed E-state index contributed by atoms with van der Waals surface area (Å²) in [5.41, 5.74) is -0.0497. The van der Waals surface area contributed by atoms with Crippen LogP contribution in [-0.4, -0.2) is 59.8 Å². The van der Waals surface area contributed by atoms with Gasteiger partial charge in [0.25, 0.3) is 0 Å². The maximum Gasteiger partial charge on any atom is 0.410 e. The van der Waals surface area contributed by atoms with Crippen LogP contribution in [0.15, 0.2) is 23.1 Å². The lowest BCUT2D eigenvalue weighted by Crippen LogP contribution is -2.55. The molecule has 1 aromatic carbocycles. The number of rotatable bonds is 4. The Kier molecular flexibility index (Phi) is 6.21. The summed E-state index contributed by atoms with van der Waals surface area (Å²) in [6, 6.07) is 4.29. The number of hydrogen-bond donors (Lipinski definition) is 0. The summed E-state index contributed by atoms with van der Waals surface area (Å²) in [4.78, 5) is 28.9. The van der Waals surface area contributed by atoms with Gasteiger partial charge in [-0.15, -0.1) is 11.8 Å². The van der Waals surface area contributed by atoms with Crippen molar-refractivity contribution in [3.8, 4) is 0 Å². The lowest BCUT2D eigenvalue weighted by atomic mass is 9.91. The summed E-state index contributed by atoms with van der Waals surface area (Å²) in [6.45, 7) is 6.54. The molecule has 0 aliphatic carbocycles. The number of carbonyl (C=O) groups is 2. The molecule has 1 aromatic rings. The predicted octanol–water partition coefficient (Wildman–Crippen LogP) is 4.04. The maximum absolute atomic E-state index is 13.1. The van der Waals surface area contributed by atoms with E-state index in [0.29, 0.717) is 36.2 Å². The summed E-state index contributed by atoms with van der Waals surface area (Å²) in [5.74, 6) is -0.105. The largest absolute Gasteiger partial charge is 0.449 e. The molecule has 2 heterocycles. The van der Waals surface area contributed by atoms with Gasteiger partial charge < -0.3 is 14.5 Å². The number of carbonyl (C=O) groups excluding carboxylic acids is 2. The molecule has 0 saturated carbocycles. The van der Waals surface area contributed by atoms with Crippen LogP contribution < -0.4 is 0 Å². The predicted molar refractivity (Wildman–Crippen MR) is 104 cm³/mol. The SMILES string of the molecule is CC1(C)COC(=O)N(C2CCN(C(=O)CSc3ccc(F)cc3Cl)CC2)C1. The summed E-state index contributed by atoms with van der Waals surface area (Å²) >= 11 is 7.32. The number of ether oxygens (including phenoxy) is 1. The van der Waals surface area contributed by atoms with Gasteiger partial charge in [-0.25, -0.2) is 9.18 Å². The highest BCUT2D eigenvalue weighted by molar-refractivity contribution is 8.00. The van der Waals surface area contributed by atoms with E-state index in [4.69, 9.17) is 16.3 Å². The first-order valence-corrected chi connectivity index (χ1v) is 10.4. The monoisotopic (exact) mass is 414 g/mol. The van der Waals surface area contributed by atoms with E-state index in [2.05, 4.69) is 13.8 Å². The fourth-order valence-corrected chi connectivity index (χ4v) is 4.59. The molecule has 0 aromatic heterocycles. The molecule has 2 fully saturated rings. The molecule has 2 saturated heterocycles. The highest BCUT2D eigenvalue weighted by Gasteiger charge is 2.38. The van der Waals surface area contributed by atoms with Crippen molar-refractivity contribution < 1.29 is 18.7 Å². The fraction of sp³-hybridized carbons (Fsp3) is 0.579. The van der Waals surface area contributed by atoms with Crippen LogP contribution in [-0.2, 0) is 9.53 Å². The molecule has 0 radical (unpaired) electrons. The number of hydrogen-bond acceptors (Lipinski definition) is 4. The number of benzene rings is 1. The Labute approximate surface area is 168 Å². The standard InChI is InChI=1S/C19H24ClFN2O3S/c1-19(2)11-23(18(25)26-12-19)14-5-7-22(8-6-14)17(24)10-27-16-4-3-13(21)9-15(16)20/h3-4,9,14H,5-8,10-12H2,1-2H3. The number of thioether (sulfide) groups is 1. The Hall–Kier alpha value is -1.47. The molecule has 3 rings (SSSR count). The number of likely N-dealkylation sites (tertiary alicyclic amines) is 1. The van der Waals surface area contributed by atoms with Crippen LogP contribution in [0.4, 0.5) is 9.18 Å². The van der Waals surface area contributed by atoms with Crippen molar-refractivity contribution >= 4 is 35.4 Å². The van der Waals surface area contributed by atoms with Crippen LogP contribution in [0.5, 0.6) is 0 Å². The fourth-order valence-electron chi connectivity index (χ4n) is 3.44. The third-order valence-electron chi connectivity index (χ3n) is 4.92. The Morgan fingerprint density at radius 3 is 2.74 bits per heavy atom. The van der Waals surface area contributed by atoms with E-state index < -0.39 is 5.82 Å². The van der Waals surface area contributed by atoms with Crippen molar-refractivity contribution in [2.24, 2.45) is 5.41 Å². The zero-order valence-electron chi connectivity index (χ0n) is 15.5. The minimum absolute atomic E-state index is 0.0281. The van der Waals surface area contributed by atoms with Crippen molar-refractivity contribution in [1.29, 1.82) is 0 Å². The molecule has 2 aliphatic rings. The highest BCUT2D eigenvalue weighted by Crippen LogP contribution is 2.30. The zero-order chi connectivity index (χ0) is 19.6. The molecule has 8 heteroatoms. The van der Waals surface area contributed by atoms with E-state index in [1.54, 1.807) is 6.07 Å². The third kappa shape index (κ3) is 5.08. The van der Waals surface area contributed by atoms with E-state index >= 15 is 0 Å². The number of cyclic esters (lactones) is 1. The molecule has 5 nitrogen and oxygen atoms in total. The quantitative estimate of drug-likeness (QED) is 0.697. The minimum atomic E-state index is -0.392. The Morgan fingerprint density at radius 2 is 2.07 bits per heavy atom. The van der Waals surface area contributed by atoms with Gasteiger partial charge in [-0.3, -0.25) is 4.79 Å². The maximum atomic E-state index is 13.1. The molecule has 0 N–H and O–H groups in total. The van der Waals surface area contributed by atoms with Crippen LogP contribution >= 0.6 is 23.4 Å². The van der Waals surface area contributed by atoms with Gasteiger partial charge in [-0.2, -0.15) is 0 Å². The number of nitrogens with zero attached hydrogens (tertiary/aromatic N) is 2. The normalized spacial score (nSPS) is 20.5. The van der Waals surface area contributed by atoms with Crippen molar-refractivity contribution in [3.05, 3.63) is 29.0 Å². The van der Waals surface area contributed by atoms with Gasteiger partial charge in [0, 0.05) is 36.0 Å². The number of piperidine rings is 1. The van der Waals surface area contributed by atoms with Crippen molar-refractivity contribution in [3.63, 3.8) is 0 Å². The molecule has 0 atom stereocenters. The zero-order valence-corrected chi connectivity index (χ0v) is 17.1. The van der Waals surface area contributed by atoms with Crippen molar-refractivity contribution in [1.82, 2.24) is 9.80 Å². The first-order valence-electron chi connectivity index (χ1n) is 9.04. The van der Waals surface area contributed by atoms with Crippen LogP contribution in [0.3, 0.4) is 0 Å². The third-order valence-corrected chi connectivity index (χ3v) is 6.41. The van der Waals surface area contributed by atoms with Crippen LogP contribution in [0.25, 0.3) is 0 Å². The molecule has 0 spiro atoms. The van der Waals surface area contributed by atoms with Gasteiger partial charge in [0.15, 0.2) is 0 Å². The Balaban J connectivity index is 1.49. The van der Waals surface area contributed by atoms with E-state index in [1.165, 1.54) is 23.9 Å². The average molecular weight is 415 g/mol. The lowest BCUT2D eigenvalue weighted by molar-refractivity contribution is -0.130. The molecule has 27 heavy (non-hydrogen) atoms. The van der Waals surface area contributed by atoms with Crippen LogP contribution in [0, 0.1) is 11.2 Å². The van der Waals surface area contributed by atoms with Gasteiger partial charge >= 0.3 is 6.09 Å². The topological polar surface area (TPSA) is 49.9 Å². The minimum Gasteiger partial charge on any atom is -0.449 e. The number of amides is 2. The number of halogens is 2. The van der Waals surface area contributed by atoms with Gasteiger partial charge in [0.1, 0.15) is 5.82 Å². The van der Waals surface area contributed by atoms with Crippen LogP contribution in [0.1, 0.15) is 26.7 Å². The second-order valence-electron chi connectivity index (χ2n) is 7.82. The lowest BCUT2D eigenvalue weighted by Gasteiger charge is -2.44. The first-order chi connectivity index (χ1) is 12.7. The molecule has 2 amide bonds. The van der Waals surface area contributed by atoms with E-state index in [9.17, 15) is 14.0 Å². The summed E-state index contributed by atoms with van der Waals surface area (Å²) in [6.07, 6.45) is 1.25. The van der Waals surface area contributed by atoms with Gasteiger partial charge in [-0.05, 0) is 31.0 Å². The smallest absolute Gasteiger partial charge is 0.410 e. The summed E-state index contributed by atoms with van der Waals surface area (Å²) < 4.78 is 18.4. The molecular weight excluding hydrogens is 391 g/mol. The first kappa shape index (κ1) is 20.3. The summed E-state index contributed by atoms with van der Waals surface area (Å²) in [7, 11) is 0.